The summed E-state index contributed by atoms with van der Waals surface area (Å²) >= 11 is 2.23. The summed E-state index contributed by atoms with van der Waals surface area (Å²) in [6, 6.07) is 0. The lowest BCUT2D eigenvalue weighted by molar-refractivity contribution is 0.150. The molecule has 4 aliphatic carbocycles. The van der Waals surface area contributed by atoms with Gasteiger partial charge < -0.3 is 9.64 Å². The van der Waals surface area contributed by atoms with Crippen LogP contribution < -0.4 is 0 Å². The molecule has 0 saturated heterocycles. The van der Waals surface area contributed by atoms with Crippen LogP contribution in [0, 0.1) is 23.7 Å². The number of thioether (sulfide) groups is 1. The Bertz CT molecular complexity index is 652. The van der Waals surface area contributed by atoms with Gasteiger partial charge in [0.1, 0.15) is 5.76 Å². The van der Waals surface area contributed by atoms with Gasteiger partial charge in [0, 0.05) is 31.2 Å². The highest BCUT2D eigenvalue weighted by atomic mass is 32.2. The van der Waals surface area contributed by atoms with Gasteiger partial charge in [0.15, 0.2) is 0 Å². The van der Waals surface area contributed by atoms with Crippen molar-refractivity contribution in [3.63, 3.8) is 0 Å². The van der Waals surface area contributed by atoms with Gasteiger partial charge in [0.2, 0.25) is 0 Å². The van der Waals surface area contributed by atoms with E-state index < -0.39 is 0 Å². The minimum absolute atomic E-state index is 0.631. The molecule has 0 aliphatic heterocycles. The third-order valence-electron chi connectivity index (χ3n) is 9.62. The Morgan fingerprint density at radius 3 is 1.60 bits per heavy atom. The molecule has 0 heterocycles. The summed E-state index contributed by atoms with van der Waals surface area (Å²) in [6.07, 6.45) is 26.9. The van der Waals surface area contributed by atoms with Crippen LogP contribution in [0.15, 0.2) is 22.4 Å². The van der Waals surface area contributed by atoms with Crippen LogP contribution in [0.2, 0.25) is 0 Å². The SMILES string of the molecule is CCO/C(=C(/C1CCCCC1)N(C)C)C1CCC(SC=C(C2CCCCC2)C2CCCCC2)CC1. The number of hydrogen-bond donors (Lipinski definition) is 0. The van der Waals surface area contributed by atoms with Gasteiger partial charge in [-0.05, 0) is 88.4 Å². The maximum atomic E-state index is 6.47. The molecule has 4 aliphatic rings. The largest absolute Gasteiger partial charge is 0.496 e. The van der Waals surface area contributed by atoms with Crippen LogP contribution in [0.3, 0.4) is 0 Å². The van der Waals surface area contributed by atoms with E-state index in [2.05, 4.69) is 43.1 Å². The molecule has 2 nitrogen and oxygen atoms in total. The molecule has 0 unspecified atom stereocenters. The Kier molecular flexibility index (Phi) is 11.3. The molecule has 0 atom stereocenters. The van der Waals surface area contributed by atoms with Gasteiger partial charge in [-0.25, -0.2) is 0 Å². The number of allylic oxidation sites excluding steroid dienone is 3. The number of rotatable bonds is 9. The molecular weight excluding hydrogens is 446 g/mol. The van der Waals surface area contributed by atoms with Gasteiger partial charge in [0.25, 0.3) is 0 Å². The van der Waals surface area contributed by atoms with Crippen LogP contribution in [0.25, 0.3) is 0 Å². The van der Waals surface area contributed by atoms with Crippen LogP contribution in [0.4, 0.5) is 0 Å². The van der Waals surface area contributed by atoms with Crippen molar-refractivity contribution in [2.24, 2.45) is 23.7 Å². The molecule has 4 saturated carbocycles. The van der Waals surface area contributed by atoms with E-state index in [1.807, 2.05) is 5.57 Å². The van der Waals surface area contributed by atoms with Gasteiger partial charge in [-0.2, -0.15) is 0 Å². The van der Waals surface area contributed by atoms with Gasteiger partial charge in [-0.1, -0.05) is 63.4 Å². The normalized spacial score (nSPS) is 28.3. The predicted octanol–water partition coefficient (Wildman–Crippen LogP) is 9.71. The summed E-state index contributed by atoms with van der Waals surface area (Å²) in [7, 11) is 4.51. The molecule has 0 amide bonds. The second-order valence-corrected chi connectivity index (χ2v) is 13.5. The molecule has 0 spiro atoms. The van der Waals surface area contributed by atoms with Crippen LogP contribution in [0.5, 0.6) is 0 Å². The van der Waals surface area contributed by atoms with Crippen molar-refractivity contribution < 1.29 is 4.74 Å². The zero-order chi connectivity index (χ0) is 24.5. The maximum absolute atomic E-state index is 6.47. The van der Waals surface area contributed by atoms with Gasteiger partial charge in [-0.3, -0.25) is 0 Å². The van der Waals surface area contributed by atoms with Crippen LogP contribution >= 0.6 is 11.8 Å². The molecule has 4 fully saturated rings. The smallest absolute Gasteiger partial charge is 0.118 e. The van der Waals surface area contributed by atoms with E-state index in [0.29, 0.717) is 11.8 Å². The minimum atomic E-state index is 0.631. The van der Waals surface area contributed by atoms with E-state index in [1.165, 1.54) is 128 Å². The third-order valence-corrected chi connectivity index (χ3v) is 10.9. The number of hydrogen-bond acceptors (Lipinski definition) is 3. The fourth-order valence-electron chi connectivity index (χ4n) is 7.75. The Balaban J connectivity index is 1.40. The van der Waals surface area contributed by atoms with E-state index in [9.17, 15) is 0 Å². The molecular formula is C32H55NOS. The molecule has 3 heteroatoms. The monoisotopic (exact) mass is 501 g/mol. The van der Waals surface area contributed by atoms with Crippen LogP contribution in [0.1, 0.15) is 129 Å². The van der Waals surface area contributed by atoms with Crippen LogP contribution in [-0.2, 0) is 4.74 Å². The van der Waals surface area contributed by atoms with Crippen molar-refractivity contribution in [2.45, 2.75) is 134 Å². The lowest BCUT2D eigenvalue weighted by Crippen LogP contribution is -2.28. The first-order chi connectivity index (χ1) is 17.2. The first-order valence-corrected chi connectivity index (χ1v) is 16.5. The number of ether oxygens (including phenoxy) is 1. The summed E-state index contributed by atoms with van der Waals surface area (Å²) in [6.45, 7) is 2.99. The van der Waals surface area contributed by atoms with Gasteiger partial charge in [0.05, 0.1) is 12.3 Å². The second-order valence-electron chi connectivity index (χ2n) is 12.3. The van der Waals surface area contributed by atoms with Crippen molar-refractivity contribution in [3.05, 3.63) is 22.4 Å². The van der Waals surface area contributed by atoms with Gasteiger partial charge >= 0.3 is 0 Å². The summed E-state index contributed by atoms with van der Waals surface area (Å²) in [5, 5.41) is 3.54. The Morgan fingerprint density at radius 2 is 1.14 bits per heavy atom. The molecule has 0 radical (unpaired) electrons. The van der Waals surface area contributed by atoms with E-state index in [1.54, 1.807) is 5.70 Å². The summed E-state index contributed by atoms with van der Waals surface area (Å²) < 4.78 is 6.47. The van der Waals surface area contributed by atoms with Crippen molar-refractivity contribution in [3.8, 4) is 0 Å². The highest BCUT2D eigenvalue weighted by Crippen LogP contribution is 2.44. The molecule has 0 aromatic heterocycles. The zero-order valence-corrected chi connectivity index (χ0v) is 24.2. The van der Waals surface area contributed by atoms with Gasteiger partial charge in [-0.15, -0.1) is 11.8 Å². The molecule has 0 aromatic rings. The van der Waals surface area contributed by atoms with Crippen molar-refractivity contribution in [2.75, 3.05) is 20.7 Å². The summed E-state index contributed by atoms with van der Waals surface area (Å²) in [4.78, 5) is 2.41. The molecule has 0 bridgehead atoms. The number of nitrogens with zero attached hydrogens (tertiary/aromatic N) is 1. The molecule has 0 aromatic carbocycles. The molecule has 200 valence electrons. The average molecular weight is 502 g/mol. The fraction of sp³-hybridized carbons (Fsp3) is 0.875. The first kappa shape index (κ1) is 27.5. The van der Waals surface area contributed by atoms with Crippen molar-refractivity contribution >= 4 is 11.8 Å². The zero-order valence-electron chi connectivity index (χ0n) is 23.4. The van der Waals surface area contributed by atoms with Crippen molar-refractivity contribution in [1.29, 1.82) is 0 Å². The second kappa shape index (κ2) is 14.4. The topological polar surface area (TPSA) is 12.5 Å². The Morgan fingerprint density at radius 1 is 0.657 bits per heavy atom. The molecule has 35 heavy (non-hydrogen) atoms. The summed E-state index contributed by atoms with van der Waals surface area (Å²) in [5.41, 5.74) is 3.43. The highest BCUT2D eigenvalue weighted by Gasteiger charge is 2.32. The van der Waals surface area contributed by atoms with E-state index in [0.717, 1.165) is 23.7 Å². The quantitative estimate of drug-likeness (QED) is 0.292. The van der Waals surface area contributed by atoms with E-state index in [-0.39, 0.29) is 0 Å². The lowest BCUT2D eigenvalue weighted by atomic mass is 9.74. The lowest BCUT2D eigenvalue weighted by Gasteiger charge is -2.36. The summed E-state index contributed by atoms with van der Waals surface area (Å²) in [5.74, 6) is 4.52. The third kappa shape index (κ3) is 7.71. The molecule has 4 rings (SSSR count). The Labute approximate surface area is 222 Å². The van der Waals surface area contributed by atoms with Crippen molar-refractivity contribution in [1.82, 2.24) is 4.90 Å². The average Bonchev–Trinajstić information content (AvgIpc) is 2.91. The standard InChI is InChI=1S/C32H55NOS/c1-4-34-32(31(33(2)3)27-18-12-7-13-19-27)28-20-22-29(23-21-28)35-24-30(25-14-8-5-9-15-25)26-16-10-6-11-17-26/h24-29H,4-23H2,1-3H3/b32-31-. The van der Waals surface area contributed by atoms with E-state index >= 15 is 0 Å². The predicted molar refractivity (Wildman–Crippen MR) is 153 cm³/mol. The van der Waals surface area contributed by atoms with Crippen LogP contribution in [-0.4, -0.2) is 30.9 Å². The minimum Gasteiger partial charge on any atom is -0.496 e. The van der Waals surface area contributed by atoms with E-state index in [4.69, 9.17) is 4.74 Å². The maximum Gasteiger partial charge on any atom is 0.118 e. The first-order valence-electron chi connectivity index (χ1n) is 15.6. The highest BCUT2D eigenvalue weighted by molar-refractivity contribution is 8.02. The molecule has 0 N–H and O–H groups in total. The Hall–Kier alpha value is -0.570. The fourth-order valence-corrected chi connectivity index (χ4v) is 9.03.